The number of nitrogens with zero attached hydrogens (tertiary/aromatic N) is 3. The molecule has 10 heteroatoms. The number of allylic oxidation sites excluding steroid dienone is 2. The average Bonchev–Trinajstić information content (AvgIpc) is 3.63. The van der Waals surface area contributed by atoms with Crippen molar-refractivity contribution in [3.8, 4) is 0 Å². The molecule has 0 amide bonds. The minimum atomic E-state index is -0.947. The third-order valence-corrected chi connectivity index (χ3v) is 8.69. The van der Waals surface area contributed by atoms with Crippen LogP contribution in [0.5, 0.6) is 0 Å². The molecule has 5 heterocycles. The Labute approximate surface area is 267 Å². The van der Waals surface area contributed by atoms with Gasteiger partial charge < -0.3 is 25.2 Å². The number of aromatic amines is 1. The standard InChI is InChI=1S/C34H38N4O5.Zn/c1-7-20-16(3)24-14-27-21(8-2)18(5)32(37-27)34(43)33-19(6)23(10-12-31(41)42)29(38-33)15-28-22(9-11-30(39)40)17(4)25(36-28)13-26(20)35-24;/h13-15H,7-12H2,1-6H3,(H5,35,36,37,38,39,40,41,42,43);/q;+2/p-2. The molecule has 224 valence electrons. The van der Waals surface area contributed by atoms with Gasteiger partial charge in [-0.2, -0.15) is 0 Å². The monoisotopic (exact) mass is 644 g/mol. The van der Waals surface area contributed by atoms with Crippen LogP contribution in [0.15, 0.2) is 23.0 Å². The summed E-state index contributed by atoms with van der Waals surface area (Å²) in [7, 11) is 0. The molecule has 0 unspecified atom stereocenters. The largest absolute Gasteiger partial charge is 2.00 e. The van der Waals surface area contributed by atoms with E-state index in [2.05, 4.69) is 11.9 Å². The molecule has 3 N–H and O–H groups in total. The van der Waals surface area contributed by atoms with Gasteiger partial charge in [-0.05, 0) is 75.7 Å². The number of H-pyrrole nitrogens is 1. The van der Waals surface area contributed by atoms with Crippen molar-refractivity contribution in [2.75, 3.05) is 0 Å². The fraction of sp³-hybridized carbons (Fsp3) is 0.353. The molecule has 8 bridgehead atoms. The van der Waals surface area contributed by atoms with Crippen molar-refractivity contribution in [3.05, 3.63) is 73.2 Å². The molecule has 0 saturated heterocycles. The molecule has 0 radical (unpaired) electrons. The Hall–Kier alpha value is -4.04. The fourth-order valence-electron chi connectivity index (χ4n) is 6.24. The minimum absolute atomic E-state index is 0. The van der Waals surface area contributed by atoms with Crippen LogP contribution >= 0.6 is 0 Å². The van der Waals surface area contributed by atoms with Crippen LogP contribution in [-0.2, 0) is 48.3 Å². The van der Waals surface area contributed by atoms with E-state index in [9.17, 15) is 24.6 Å². The molecular formula is C34H36N4O5Zn. The van der Waals surface area contributed by atoms with Crippen LogP contribution in [-0.4, -0.2) is 32.1 Å². The summed E-state index contributed by atoms with van der Waals surface area (Å²) < 4.78 is 0. The summed E-state index contributed by atoms with van der Waals surface area (Å²) in [5.41, 5.74) is 11.5. The summed E-state index contributed by atoms with van der Waals surface area (Å²) in [6.07, 6.45) is 1.77. The maximum Gasteiger partial charge on any atom is 2.00 e. The number of nitrogens with one attached hydrogen (secondary N) is 1. The third kappa shape index (κ3) is 5.87. The number of fused-ring (bicyclic) bond motifs is 8. The number of hydrogen-bond acceptors (Lipinski definition) is 4. The molecule has 0 aromatic carbocycles. The van der Waals surface area contributed by atoms with Crippen LogP contribution < -0.4 is 15.4 Å². The molecule has 1 aliphatic rings. The van der Waals surface area contributed by atoms with E-state index in [1.165, 1.54) is 0 Å². The molecule has 0 saturated carbocycles. The van der Waals surface area contributed by atoms with Gasteiger partial charge in [-0.15, -0.1) is 16.6 Å². The molecule has 9 nitrogen and oxygen atoms in total. The van der Waals surface area contributed by atoms with Gasteiger partial charge in [0, 0.05) is 23.9 Å². The first-order valence-corrected chi connectivity index (χ1v) is 14.7. The van der Waals surface area contributed by atoms with Crippen molar-refractivity contribution < 1.29 is 39.3 Å². The Kier molecular flexibility index (Phi) is 9.64. The van der Waals surface area contributed by atoms with E-state index in [1.54, 1.807) is 6.92 Å². The summed E-state index contributed by atoms with van der Waals surface area (Å²) in [5.74, 6) is -1.85. The number of rotatable bonds is 8. The van der Waals surface area contributed by atoms with E-state index < -0.39 is 11.9 Å². The van der Waals surface area contributed by atoms with Crippen LogP contribution in [0.4, 0.5) is 0 Å². The number of carboxylic acids is 2. The van der Waals surface area contributed by atoms with E-state index in [4.69, 9.17) is 15.0 Å². The van der Waals surface area contributed by atoms with Crippen LogP contribution in [0.25, 0.3) is 44.2 Å². The van der Waals surface area contributed by atoms with Crippen molar-refractivity contribution in [2.45, 2.75) is 80.1 Å². The van der Waals surface area contributed by atoms with Crippen LogP contribution in [0.3, 0.4) is 0 Å². The normalized spacial score (nSPS) is 12.1. The zero-order valence-corrected chi connectivity index (χ0v) is 29.1. The smallest absolute Gasteiger partial charge is 0.657 e. The van der Waals surface area contributed by atoms with Crippen LogP contribution in [0.1, 0.15) is 84.8 Å². The fourth-order valence-corrected chi connectivity index (χ4v) is 6.24. The Morgan fingerprint density at radius 3 is 2.00 bits per heavy atom. The average molecular weight is 646 g/mol. The number of carbonyl (C=O) groups is 2. The maximum absolute atomic E-state index is 14.0. The third-order valence-electron chi connectivity index (χ3n) is 8.69. The molecular weight excluding hydrogens is 610 g/mol. The summed E-state index contributed by atoms with van der Waals surface area (Å²) in [4.78, 5) is 55.2. The topological polar surface area (TPSA) is 149 Å². The Bertz CT molecular complexity index is 2030. The van der Waals surface area contributed by atoms with Crippen molar-refractivity contribution >= 4 is 56.2 Å². The van der Waals surface area contributed by atoms with E-state index in [-0.39, 0.29) is 49.7 Å². The quantitative estimate of drug-likeness (QED) is 0.198. The van der Waals surface area contributed by atoms with Crippen LogP contribution in [0, 0.1) is 20.8 Å². The molecule has 0 aliphatic carbocycles. The minimum Gasteiger partial charge on any atom is -0.657 e. The van der Waals surface area contributed by atoms with Gasteiger partial charge in [0.1, 0.15) is 5.69 Å². The number of carboxylic acid groups (broad SMARTS) is 2. The summed E-state index contributed by atoms with van der Waals surface area (Å²) >= 11 is 0. The van der Waals surface area contributed by atoms with Gasteiger partial charge in [-0.3, -0.25) is 14.4 Å². The van der Waals surface area contributed by atoms with Crippen molar-refractivity contribution in [1.29, 1.82) is 0 Å². The Morgan fingerprint density at radius 1 is 0.773 bits per heavy atom. The number of hydrogen-bond donors (Lipinski definition) is 3. The first-order valence-electron chi connectivity index (χ1n) is 14.7. The zero-order chi connectivity index (χ0) is 31.2. The predicted molar refractivity (Wildman–Crippen MR) is 169 cm³/mol. The number of aryl methyl sites for hydroxylation is 6. The first kappa shape index (κ1) is 32.9. The van der Waals surface area contributed by atoms with Crippen LogP contribution in [0.2, 0.25) is 0 Å². The van der Waals surface area contributed by atoms with E-state index in [0.717, 1.165) is 56.4 Å². The second-order valence-corrected chi connectivity index (χ2v) is 11.2. The first-order chi connectivity index (χ1) is 20.4. The molecule has 1 aliphatic heterocycles. The zero-order valence-electron chi connectivity index (χ0n) is 26.1. The molecule has 0 fully saturated rings. The predicted octanol–water partition coefficient (Wildman–Crippen LogP) is 6.00. The molecule has 44 heavy (non-hydrogen) atoms. The molecule has 4 aromatic rings. The van der Waals surface area contributed by atoms with Crippen molar-refractivity contribution in [3.63, 3.8) is 0 Å². The molecule has 0 spiro atoms. The summed E-state index contributed by atoms with van der Waals surface area (Å²) in [5, 5.41) is 18.9. The Balaban J connectivity index is 0.00000442. The van der Waals surface area contributed by atoms with Crippen molar-refractivity contribution in [1.82, 2.24) is 19.9 Å². The van der Waals surface area contributed by atoms with E-state index in [0.29, 0.717) is 46.4 Å². The van der Waals surface area contributed by atoms with Crippen molar-refractivity contribution in [2.24, 2.45) is 0 Å². The van der Waals surface area contributed by atoms with E-state index in [1.807, 2.05) is 45.9 Å². The van der Waals surface area contributed by atoms with Gasteiger partial charge in [-0.1, -0.05) is 59.8 Å². The van der Waals surface area contributed by atoms with Gasteiger partial charge >= 0.3 is 31.4 Å². The SMILES string of the molecule is CCC1=C(C)c2nc1cc1[n-]c(cc3[nH]c(cc4[n-]c(c(C)c4CCC(=O)O)c2=O)c(CCC(=O)O)c3C)c(CC)c1C.[Zn+2]. The second-order valence-electron chi connectivity index (χ2n) is 11.2. The number of aromatic nitrogens is 4. The maximum atomic E-state index is 14.0. The van der Waals surface area contributed by atoms with E-state index >= 15 is 0 Å². The molecule has 4 aromatic heterocycles. The van der Waals surface area contributed by atoms with Gasteiger partial charge in [0.25, 0.3) is 0 Å². The molecule has 5 rings (SSSR count). The molecule has 0 atom stereocenters. The van der Waals surface area contributed by atoms with Gasteiger partial charge in [0.15, 0.2) is 5.43 Å². The van der Waals surface area contributed by atoms with Gasteiger partial charge in [-0.25, -0.2) is 4.98 Å². The summed E-state index contributed by atoms with van der Waals surface area (Å²) in [6.45, 7) is 11.8. The summed E-state index contributed by atoms with van der Waals surface area (Å²) in [6, 6.07) is 5.77. The van der Waals surface area contributed by atoms with Gasteiger partial charge in [0.2, 0.25) is 0 Å². The number of aliphatic carboxylic acids is 2. The second kappa shape index (κ2) is 12.9. The Morgan fingerprint density at radius 2 is 1.39 bits per heavy atom. The van der Waals surface area contributed by atoms with Gasteiger partial charge in [0.05, 0.1) is 5.69 Å².